The van der Waals surface area contributed by atoms with E-state index in [0.717, 1.165) is 22.3 Å². The number of carboxylic acids is 1. The van der Waals surface area contributed by atoms with Gasteiger partial charge in [0.05, 0.1) is 0 Å². The minimum absolute atomic E-state index is 0.0279. The van der Waals surface area contributed by atoms with Gasteiger partial charge in [-0.25, -0.2) is 9.59 Å². The lowest BCUT2D eigenvalue weighted by Crippen LogP contribution is -2.43. The highest BCUT2D eigenvalue weighted by Crippen LogP contribution is 2.44. The number of ether oxygens (including phenoxy) is 2. The molecule has 0 heterocycles. The van der Waals surface area contributed by atoms with Crippen LogP contribution < -0.4 is 10.6 Å². The third-order valence-electron chi connectivity index (χ3n) is 6.49. The maximum Gasteiger partial charge on any atom is 0.407 e. The number of benzene rings is 2. The number of aliphatic carboxylic acids is 1. The average Bonchev–Trinajstić information content (AvgIpc) is 3.16. The van der Waals surface area contributed by atoms with Crippen LogP contribution in [0.5, 0.6) is 0 Å². The molecular formula is C27H34N2O6. The molecule has 0 aliphatic heterocycles. The van der Waals surface area contributed by atoms with Crippen molar-refractivity contribution in [3.05, 3.63) is 59.7 Å². The van der Waals surface area contributed by atoms with Gasteiger partial charge in [0.25, 0.3) is 0 Å². The minimum atomic E-state index is -1.10. The van der Waals surface area contributed by atoms with Crippen LogP contribution in [0, 0.1) is 11.8 Å². The molecule has 1 aliphatic rings. The zero-order valence-electron chi connectivity index (χ0n) is 20.5. The van der Waals surface area contributed by atoms with Crippen LogP contribution in [0.15, 0.2) is 48.5 Å². The van der Waals surface area contributed by atoms with E-state index in [1.165, 1.54) is 7.11 Å². The van der Waals surface area contributed by atoms with E-state index in [2.05, 4.69) is 34.9 Å². The quantitative estimate of drug-likeness (QED) is 0.424. The molecule has 0 bridgehead atoms. The Hall–Kier alpha value is -3.39. The number of carboxylic acid groups (broad SMARTS) is 1. The number of hydrogen-bond donors (Lipinski definition) is 3. The summed E-state index contributed by atoms with van der Waals surface area (Å²) in [6.07, 6.45) is -0.263. The molecule has 2 atom stereocenters. The number of fused-ring (bicyclic) bond motifs is 3. The van der Waals surface area contributed by atoms with Crippen LogP contribution in [-0.2, 0) is 19.1 Å². The summed E-state index contributed by atoms with van der Waals surface area (Å²) in [6, 6.07) is 15.3. The molecule has 8 heteroatoms. The second-order valence-corrected chi connectivity index (χ2v) is 9.15. The predicted molar refractivity (Wildman–Crippen MR) is 132 cm³/mol. The van der Waals surface area contributed by atoms with Crippen LogP contribution in [0.3, 0.4) is 0 Å². The predicted octanol–water partition coefficient (Wildman–Crippen LogP) is 3.79. The van der Waals surface area contributed by atoms with E-state index in [1.807, 2.05) is 38.1 Å². The van der Waals surface area contributed by atoms with E-state index in [-0.39, 0.29) is 56.3 Å². The molecule has 1 aliphatic carbocycles. The standard InChI is InChI=1S/C27H34N2O6/c1-17(2)18(14-25(30)29-24(26(31)32)12-13-34-3)15-28-27(33)35-16-23-21-10-6-4-8-19(21)20-9-5-7-11-22(20)23/h4-11,17-18,23-24H,12-16H2,1-3H3,(H,28,33)(H,29,30)(H,31,32). The Morgan fingerprint density at radius 3 is 2.14 bits per heavy atom. The normalized spacial score (nSPS) is 14.1. The van der Waals surface area contributed by atoms with Crippen LogP contribution in [0.1, 0.15) is 43.7 Å². The first kappa shape index (κ1) is 26.2. The number of hydrogen-bond acceptors (Lipinski definition) is 5. The minimum Gasteiger partial charge on any atom is -0.480 e. The van der Waals surface area contributed by atoms with Gasteiger partial charge in [0, 0.05) is 39.0 Å². The van der Waals surface area contributed by atoms with Crippen LogP contribution in [0.4, 0.5) is 4.79 Å². The van der Waals surface area contributed by atoms with Crippen molar-refractivity contribution in [1.29, 1.82) is 0 Å². The molecular weight excluding hydrogens is 448 g/mol. The number of methoxy groups -OCH3 is 1. The Balaban J connectivity index is 1.52. The third-order valence-corrected chi connectivity index (χ3v) is 6.49. The van der Waals surface area contributed by atoms with Gasteiger partial charge in [0.15, 0.2) is 0 Å². The lowest BCUT2D eigenvalue weighted by atomic mass is 9.92. The molecule has 2 unspecified atom stereocenters. The summed E-state index contributed by atoms with van der Waals surface area (Å²) in [6.45, 7) is 4.60. The van der Waals surface area contributed by atoms with Gasteiger partial charge in [-0.05, 0) is 34.1 Å². The highest BCUT2D eigenvalue weighted by Gasteiger charge is 2.29. The highest BCUT2D eigenvalue weighted by molar-refractivity contribution is 5.83. The Kier molecular flexibility index (Phi) is 9.25. The van der Waals surface area contributed by atoms with Crippen molar-refractivity contribution in [1.82, 2.24) is 10.6 Å². The van der Waals surface area contributed by atoms with Gasteiger partial charge < -0.3 is 25.2 Å². The zero-order valence-corrected chi connectivity index (χ0v) is 20.5. The van der Waals surface area contributed by atoms with E-state index in [4.69, 9.17) is 9.47 Å². The van der Waals surface area contributed by atoms with Crippen molar-refractivity contribution in [2.45, 2.75) is 38.6 Å². The summed E-state index contributed by atoms with van der Waals surface area (Å²) >= 11 is 0. The third kappa shape index (κ3) is 6.82. The monoisotopic (exact) mass is 482 g/mol. The Bertz CT molecular complexity index is 992. The molecule has 2 aromatic carbocycles. The molecule has 0 aromatic heterocycles. The van der Waals surface area contributed by atoms with Crippen LogP contribution in [0.2, 0.25) is 0 Å². The number of alkyl carbamates (subject to hydrolysis) is 1. The number of nitrogens with one attached hydrogen (secondary N) is 2. The number of carbonyl (C=O) groups is 3. The Morgan fingerprint density at radius 1 is 1.00 bits per heavy atom. The number of carbonyl (C=O) groups excluding carboxylic acids is 2. The van der Waals surface area contributed by atoms with Gasteiger partial charge in [-0.15, -0.1) is 0 Å². The molecule has 35 heavy (non-hydrogen) atoms. The number of amides is 2. The van der Waals surface area contributed by atoms with Crippen LogP contribution >= 0.6 is 0 Å². The fourth-order valence-corrected chi connectivity index (χ4v) is 4.39. The summed E-state index contributed by atoms with van der Waals surface area (Å²) in [4.78, 5) is 36.3. The first-order valence-electron chi connectivity index (χ1n) is 11.9. The molecule has 2 amide bonds. The molecule has 2 aromatic rings. The van der Waals surface area contributed by atoms with Crippen LogP contribution in [-0.4, -0.2) is 56.0 Å². The van der Waals surface area contributed by atoms with Gasteiger partial charge in [-0.2, -0.15) is 0 Å². The topological polar surface area (TPSA) is 114 Å². The molecule has 3 N–H and O–H groups in total. The first-order chi connectivity index (χ1) is 16.8. The molecule has 188 valence electrons. The molecule has 0 saturated carbocycles. The van der Waals surface area contributed by atoms with E-state index in [1.54, 1.807) is 0 Å². The van der Waals surface area contributed by atoms with Gasteiger partial charge in [0.1, 0.15) is 12.6 Å². The van der Waals surface area contributed by atoms with Crippen molar-refractivity contribution in [3.63, 3.8) is 0 Å². The summed E-state index contributed by atoms with van der Waals surface area (Å²) in [5.74, 6) is -1.58. The van der Waals surface area contributed by atoms with E-state index in [9.17, 15) is 19.5 Å². The Labute approximate surface area is 206 Å². The lowest BCUT2D eigenvalue weighted by Gasteiger charge is -2.22. The molecule has 0 fully saturated rings. The average molecular weight is 483 g/mol. The van der Waals surface area contributed by atoms with Gasteiger partial charge in [0.2, 0.25) is 5.91 Å². The summed E-state index contributed by atoms with van der Waals surface area (Å²) in [7, 11) is 1.48. The Morgan fingerprint density at radius 2 is 1.60 bits per heavy atom. The van der Waals surface area contributed by atoms with Crippen molar-refractivity contribution >= 4 is 18.0 Å². The maximum absolute atomic E-state index is 12.5. The van der Waals surface area contributed by atoms with Crippen LogP contribution in [0.25, 0.3) is 11.1 Å². The van der Waals surface area contributed by atoms with E-state index in [0.29, 0.717) is 0 Å². The zero-order chi connectivity index (χ0) is 25.4. The summed E-state index contributed by atoms with van der Waals surface area (Å²) in [5.41, 5.74) is 4.60. The second kappa shape index (κ2) is 12.4. The molecule has 0 spiro atoms. The van der Waals surface area contributed by atoms with Gasteiger partial charge in [-0.1, -0.05) is 62.4 Å². The number of rotatable bonds is 12. The fourth-order valence-electron chi connectivity index (χ4n) is 4.39. The lowest BCUT2D eigenvalue weighted by molar-refractivity contribution is -0.142. The van der Waals surface area contributed by atoms with Crippen molar-refractivity contribution < 1.29 is 29.0 Å². The summed E-state index contributed by atoms with van der Waals surface area (Å²) in [5, 5.41) is 14.6. The van der Waals surface area contributed by atoms with E-state index < -0.39 is 18.1 Å². The van der Waals surface area contributed by atoms with Crippen molar-refractivity contribution in [3.8, 4) is 11.1 Å². The summed E-state index contributed by atoms with van der Waals surface area (Å²) < 4.78 is 10.5. The molecule has 3 rings (SSSR count). The smallest absolute Gasteiger partial charge is 0.407 e. The molecule has 0 saturated heterocycles. The first-order valence-corrected chi connectivity index (χ1v) is 11.9. The molecule has 8 nitrogen and oxygen atoms in total. The largest absolute Gasteiger partial charge is 0.480 e. The highest BCUT2D eigenvalue weighted by atomic mass is 16.5. The van der Waals surface area contributed by atoms with Gasteiger partial charge >= 0.3 is 12.1 Å². The van der Waals surface area contributed by atoms with Gasteiger partial charge in [-0.3, -0.25) is 4.79 Å². The second-order valence-electron chi connectivity index (χ2n) is 9.15. The SMILES string of the molecule is COCCC(NC(=O)CC(CNC(=O)OCC1c2ccccc2-c2ccccc21)C(C)C)C(=O)O. The van der Waals surface area contributed by atoms with Crippen molar-refractivity contribution in [2.24, 2.45) is 11.8 Å². The molecule has 0 radical (unpaired) electrons. The fraction of sp³-hybridized carbons (Fsp3) is 0.444. The maximum atomic E-state index is 12.5. The van der Waals surface area contributed by atoms with Crippen molar-refractivity contribution in [2.75, 3.05) is 26.9 Å². The van der Waals surface area contributed by atoms with E-state index >= 15 is 0 Å².